The van der Waals surface area contributed by atoms with Crippen molar-refractivity contribution in [3.8, 4) is 0 Å². The highest BCUT2D eigenvalue weighted by molar-refractivity contribution is 5.80. The number of hydrogen-bond acceptors (Lipinski definition) is 3. The molecule has 0 unspecified atom stereocenters. The number of rotatable bonds is 3. The summed E-state index contributed by atoms with van der Waals surface area (Å²) < 4.78 is 10.7. The lowest BCUT2D eigenvalue weighted by Crippen LogP contribution is -2.41. The van der Waals surface area contributed by atoms with E-state index in [9.17, 15) is 4.79 Å². The van der Waals surface area contributed by atoms with Crippen LogP contribution in [0.3, 0.4) is 0 Å². The molecule has 1 amide bonds. The summed E-state index contributed by atoms with van der Waals surface area (Å²) in [6, 6.07) is 0. The molecule has 1 aliphatic carbocycles. The van der Waals surface area contributed by atoms with Gasteiger partial charge in [-0.3, -0.25) is 4.79 Å². The molecule has 1 aliphatic heterocycles. The number of hydrogen-bond donors (Lipinski definition) is 1. The Kier molecular flexibility index (Phi) is 2.26. The van der Waals surface area contributed by atoms with Crippen LogP contribution >= 0.6 is 0 Å². The quantitative estimate of drug-likeness (QED) is 0.686. The Bertz CT molecular complexity index is 207. The lowest BCUT2D eigenvalue weighted by atomic mass is 10.3. The van der Waals surface area contributed by atoms with Gasteiger partial charge in [-0.2, -0.15) is 0 Å². The third-order valence-corrected chi connectivity index (χ3v) is 2.43. The summed E-state index contributed by atoms with van der Waals surface area (Å²) in [5.74, 6) is -0.199. The SMILES string of the molecule is CC1(CNC(=O)C2CC2)OCCO1. The van der Waals surface area contributed by atoms with Crippen LogP contribution in [0.2, 0.25) is 0 Å². The summed E-state index contributed by atoms with van der Waals surface area (Å²) in [5, 5.41) is 2.84. The molecule has 0 atom stereocenters. The van der Waals surface area contributed by atoms with Gasteiger partial charge in [-0.15, -0.1) is 0 Å². The Morgan fingerprint density at radius 1 is 1.46 bits per heavy atom. The molecule has 2 fully saturated rings. The molecule has 2 rings (SSSR count). The fourth-order valence-electron chi connectivity index (χ4n) is 1.40. The van der Waals surface area contributed by atoms with Crippen molar-refractivity contribution >= 4 is 5.91 Å². The van der Waals surface area contributed by atoms with Crippen LogP contribution in [0.4, 0.5) is 0 Å². The van der Waals surface area contributed by atoms with Crippen LogP contribution in [0.25, 0.3) is 0 Å². The van der Waals surface area contributed by atoms with Crippen LogP contribution in [-0.4, -0.2) is 31.5 Å². The van der Waals surface area contributed by atoms with Crippen molar-refractivity contribution in [2.45, 2.75) is 25.6 Å². The van der Waals surface area contributed by atoms with Gasteiger partial charge in [-0.1, -0.05) is 0 Å². The summed E-state index contributed by atoms with van der Waals surface area (Å²) in [6.07, 6.45) is 2.06. The van der Waals surface area contributed by atoms with Crippen LogP contribution in [0.5, 0.6) is 0 Å². The molecule has 0 aromatic carbocycles. The predicted octanol–water partition coefficient (Wildman–Crippen LogP) is 0.276. The van der Waals surface area contributed by atoms with E-state index in [0.717, 1.165) is 12.8 Å². The summed E-state index contributed by atoms with van der Waals surface area (Å²) in [4.78, 5) is 11.3. The Morgan fingerprint density at radius 3 is 2.62 bits per heavy atom. The molecule has 13 heavy (non-hydrogen) atoms. The maximum atomic E-state index is 11.3. The zero-order valence-electron chi connectivity index (χ0n) is 7.84. The molecular weight excluding hydrogens is 170 g/mol. The molecule has 0 aromatic rings. The fraction of sp³-hybridized carbons (Fsp3) is 0.889. The van der Waals surface area contributed by atoms with Crippen LogP contribution in [0.15, 0.2) is 0 Å². The Labute approximate surface area is 77.6 Å². The second-order valence-electron chi connectivity index (χ2n) is 3.82. The lowest BCUT2D eigenvalue weighted by Gasteiger charge is -2.22. The van der Waals surface area contributed by atoms with Gasteiger partial charge in [0.2, 0.25) is 5.91 Å². The Hall–Kier alpha value is -0.610. The molecule has 0 spiro atoms. The Morgan fingerprint density at radius 2 is 2.08 bits per heavy atom. The summed E-state index contributed by atoms with van der Waals surface area (Å²) in [5.41, 5.74) is 0. The maximum absolute atomic E-state index is 11.3. The van der Waals surface area contributed by atoms with Crippen molar-refractivity contribution in [1.82, 2.24) is 5.32 Å². The molecular formula is C9H15NO3. The van der Waals surface area contributed by atoms with Gasteiger partial charge in [-0.05, 0) is 19.8 Å². The first-order valence-corrected chi connectivity index (χ1v) is 4.75. The fourth-order valence-corrected chi connectivity index (χ4v) is 1.40. The topological polar surface area (TPSA) is 47.6 Å². The molecule has 1 heterocycles. The largest absolute Gasteiger partial charge is 0.350 e. The van der Waals surface area contributed by atoms with Crippen molar-refractivity contribution in [3.05, 3.63) is 0 Å². The highest BCUT2D eigenvalue weighted by Crippen LogP contribution is 2.29. The van der Waals surface area contributed by atoms with Gasteiger partial charge in [0.15, 0.2) is 5.79 Å². The molecule has 0 bridgehead atoms. The number of amides is 1. The van der Waals surface area contributed by atoms with Crippen LogP contribution < -0.4 is 5.32 Å². The zero-order chi connectivity index (χ0) is 9.31. The molecule has 0 radical (unpaired) electrons. The molecule has 1 saturated heterocycles. The summed E-state index contributed by atoms with van der Waals surface area (Å²) in [6.45, 7) is 3.56. The first-order chi connectivity index (χ1) is 6.20. The van der Waals surface area contributed by atoms with Crippen LogP contribution in [0, 0.1) is 5.92 Å². The number of carbonyl (C=O) groups is 1. The zero-order valence-corrected chi connectivity index (χ0v) is 7.84. The van der Waals surface area contributed by atoms with Crippen molar-refractivity contribution in [2.75, 3.05) is 19.8 Å². The van der Waals surface area contributed by atoms with Gasteiger partial charge in [0, 0.05) is 5.92 Å². The molecule has 0 aromatic heterocycles. The van der Waals surface area contributed by atoms with E-state index in [2.05, 4.69) is 5.32 Å². The molecule has 4 nitrogen and oxygen atoms in total. The van der Waals surface area contributed by atoms with E-state index < -0.39 is 5.79 Å². The average molecular weight is 185 g/mol. The predicted molar refractivity (Wildman–Crippen MR) is 46.0 cm³/mol. The van der Waals surface area contributed by atoms with Crippen molar-refractivity contribution in [1.29, 1.82) is 0 Å². The first-order valence-electron chi connectivity index (χ1n) is 4.75. The van der Waals surface area contributed by atoms with Crippen molar-refractivity contribution in [3.63, 3.8) is 0 Å². The van der Waals surface area contributed by atoms with Gasteiger partial charge in [0.1, 0.15) is 0 Å². The van der Waals surface area contributed by atoms with E-state index in [1.807, 2.05) is 6.92 Å². The molecule has 74 valence electrons. The van der Waals surface area contributed by atoms with Crippen molar-refractivity contribution < 1.29 is 14.3 Å². The van der Waals surface area contributed by atoms with Crippen LogP contribution in [0.1, 0.15) is 19.8 Å². The number of ether oxygens (including phenoxy) is 2. The van der Waals surface area contributed by atoms with E-state index in [4.69, 9.17) is 9.47 Å². The van der Waals surface area contributed by atoms with Crippen molar-refractivity contribution in [2.24, 2.45) is 5.92 Å². The van der Waals surface area contributed by atoms with Gasteiger partial charge >= 0.3 is 0 Å². The molecule has 2 aliphatic rings. The normalized spacial score (nSPS) is 25.9. The van der Waals surface area contributed by atoms with Gasteiger partial charge in [0.25, 0.3) is 0 Å². The summed E-state index contributed by atoms with van der Waals surface area (Å²) >= 11 is 0. The smallest absolute Gasteiger partial charge is 0.223 e. The highest BCUT2D eigenvalue weighted by Gasteiger charge is 2.34. The van der Waals surface area contributed by atoms with E-state index in [1.165, 1.54) is 0 Å². The van der Waals surface area contributed by atoms with Crippen LogP contribution in [-0.2, 0) is 14.3 Å². The minimum atomic E-state index is -0.593. The lowest BCUT2D eigenvalue weighted by molar-refractivity contribution is -0.145. The minimum Gasteiger partial charge on any atom is -0.350 e. The van der Waals surface area contributed by atoms with Gasteiger partial charge in [-0.25, -0.2) is 0 Å². The number of nitrogens with one attached hydrogen (secondary N) is 1. The molecule has 4 heteroatoms. The Balaban J connectivity index is 1.74. The standard InChI is InChI=1S/C9H15NO3/c1-9(12-4-5-13-9)6-10-8(11)7-2-3-7/h7H,2-6H2,1H3,(H,10,11). The monoisotopic (exact) mass is 185 g/mol. The number of carbonyl (C=O) groups excluding carboxylic acids is 1. The maximum Gasteiger partial charge on any atom is 0.223 e. The second-order valence-corrected chi connectivity index (χ2v) is 3.82. The molecule has 1 N–H and O–H groups in total. The first kappa shape index (κ1) is 8.97. The van der Waals surface area contributed by atoms with E-state index in [0.29, 0.717) is 19.8 Å². The molecule has 1 saturated carbocycles. The second kappa shape index (κ2) is 3.27. The third kappa shape index (κ3) is 2.19. The minimum absolute atomic E-state index is 0.139. The van der Waals surface area contributed by atoms with E-state index >= 15 is 0 Å². The van der Waals surface area contributed by atoms with Gasteiger partial charge in [0.05, 0.1) is 19.8 Å². The third-order valence-electron chi connectivity index (χ3n) is 2.43. The van der Waals surface area contributed by atoms with E-state index in [-0.39, 0.29) is 11.8 Å². The highest BCUT2D eigenvalue weighted by atomic mass is 16.7. The summed E-state index contributed by atoms with van der Waals surface area (Å²) in [7, 11) is 0. The average Bonchev–Trinajstić information content (AvgIpc) is 2.87. The van der Waals surface area contributed by atoms with E-state index in [1.54, 1.807) is 0 Å². The van der Waals surface area contributed by atoms with Gasteiger partial charge < -0.3 is 14.8 Å².